The summed E-state index contributed by atoms with van der Waals surface area (Å²) in [4.78, 5) is 0. The molecule has 0 saturated carbocycles. The molecule has 0 unspecified atom stereocenters. The van der Waals surface area contributed by atoms with Gasteiger partial charge in [-0.15, -0.1) is 0 Å². The lowest BCUT2D eigenvalue weighted by Crippen LogP contribution is -2.00. The second kappa shape index (κ2) is 6.20. The van der Waals surface area contributed by atoms with Crippen LogP contribution < -0.4 is 5.32 Å². The molecule has 5 heteroatoms. The Kier molecular flexibility index (Phi) is 4.14. The molecule has 0 radical (unpaired) electrons. The molecule has 0 aliphatic rings. The van der Waals surface area contributed by atoms with Gasteiger partial charge in [0.15, 0.2) is 5.57 Å². The number of nitriles is 3. The van der Waals surface area contributed by atoms with Crippen molar-refractivity contribution in [1.82, 2.24) is 0 Å². The van der Waals surface area contributed by atoms with Gasteiger partial charge in [-0.2, -0.15) is 27.1 Å². The van der Waals surface area contributed by atoms with Gasteiger partial charge in [0.1, 0.15) is 23.9 Å². The molecule has 0 saturated heterocycles. The van der Waals surface area contributed by atoms with E-state index < -0.39 is 0 Å². The first-order chi connectivity index (χ1) is 9.78. The second-order valence-corrected chi connectivity index (χ2v) is 4.58. The molecule has 1 aromatic carbocycles. The van der Waals surface area contributed by atoms with E-state index in [1.54, 1.807) is 29.5 Å². The summed E-state index contributed by atoms with van der Waals surface area (Å²) in [6.07, 6.45) is 0. The molecule has 0 atom stereocenters. The molecule has 0 aliphatic heterocycles. The first-order valence-corrected chi connectivity index (χ1v) is 6.57. The van der Waals surface area contributed by atoms with Crippen molar-refractivity contribution in [1.29, 1.82) is 15.8 Å². The molecule has 94 valence electrons. The van der Waals surface area contributed by atoms with E-state index in [0.717, 1.165) is 11.1 Å². The number of anilines is 1. The molecule has 0 amide bonds. The number of hydrogen-bond acceptors (Lipinski definition) is 5. The zero-order valence-electron chi connectivity index (χ0n) is 10.3. The molecule has 1 aromatic heterocycles. The molecular weight excluding hydrogens is 268 g/mol. The smallest absolute Gasteiger partial charge is 0.163 e. The third-order valence-corrected chi connectivity index (χ3v) is 3.26. The van der Waals surface area contributed by atoms with Crippen molar-refractivity contribution in [2.75, 3.05) is 5.32 Å². The SMILES string of the molecule is N#CC(C#N)=C(C#N)Nc1cccc(-c2ccsc2)c1. The van der Waals surface area contributed by atoms with Crippen LogP contribution in [0.2, 0.25) is 0 Å². The summed E-state index contributed by atoms with van der Waals surface area (Å²) in [5.74, 6) is 0. The summed E-state index contributed by atoms with van der Waals surface area (Å²) in [6.45, 7) is 0. The van der Waals surface area contributed by atoms with Crippen molar-refractivity contribution >= 4 is 17.0 Å². The first kappa shape index (κ1) is 13.4. The Morgan fingerprint density at radius 1 is 1.00 bits per heavy atom. The summed E-state index contributed by atoms with van der Waals surface area (Å²) in [7, 11) is 0. The molecule has 0 aliphatic carbocycles. The number of nitrogens with zero attached hydrogens (tertiary/aromatic N) is 3. The first-order valence-electron chi connectivity index (χ1n) is 5.62. The number of nitrogens with one attached hydrogen (secondary N) is 1. The maximum absolute atomic E-state index is 9.00. The molecule has 2 rings (SSSR count). The fraction of sp³-hybridized carbons (Fsp3) is 0. The highest BCUT2D eigenvalue weighted by Crippen LogP contribution is 2.25. The predicted octanol–water partition coefficient (Wildman–Crippen LogP) is 3.65. The molecular formula is C15H8N4S. The molecule has 4 nitrogen and oxygen atoms in total. The van der Waals surface area contributed by atoms with Crippen LogP contribution in [0, 0.1) is 34.0 Å². The summed E-state index contributed by atoms with van der Waals surface area (Å²) in [5, 5.41) is 33.4. The Balaban J connectivity index is 2.35. The van der Waals surface area contributed by atoms with E-state index in [-0.39, 0.29) is 11.3 Å². The predicted molar refractivity (Wildman–Crippen MR) is 77.2 cm³/mol. The minimum atomic E-state index is -0.228. The summed E-state index contributed by atoms with van der Waals surface area (Å²) in [6, 6.07) is 14.7. The van der Waals surface area contributed by atoms with Crippen LogP contribution in [-0.4, -0.2) is 0 Å². The van der Waals surface area contributed by atoms with Gasteiger partial charge in [0.2, 0.25) is 0 Å². The molecule has 0 fully saturated rings. The van der Waals surface area contributed by atoms with Gasteiger partial charge in [0.05, 0.1) is 0 Å². The lowest BCUT2D eigenvalue weighted by atomic mass is 10.1. The molecule has 20 heavy (non-hydrogen) atoms. The largest absolute Gasteiger partial charge is 0.345 e. The standard InChI is InChI=1S/C15H8N4S/c16-7-13(8-17)15(9-18)19-14-3-1-2-11(6-14)12-4-5-20-10-12/h1-6,10,19H. The van der Waals surface area contributed by atoms with Gasteiger partial charge in [0, 0.05) is 5.69 Å². The van der Waals surface area contributed by atoms with Gasteiger partial charge in [-0.3, -0.25) is 0 Å². The van der Waals surface area contributed by atoms with Crippen molar-refractivity contribution in [2.24, 2.45) is 0 Å². The normalized spacial score (nSPS) is 8.85. The maximum atomic E-state index is 9.00. The minimum absolute atomic E-state index is 0.0440. The average Bonchev–Trinajstić information content (AvgIpc) is 3.02. The van der Waals surface area contributed by atoms with Gasteiger partial charge in [-0.1, -0.05) is 12.1 Å². The van der Waals surface area contributed by atoms with Crippen molar-refractivity contribution in [3.63, 3.8) is 0 Å². The molecule has 0 bridgehead atoms. The van der Waals surface area contributed by atoms with E-state index in [1.165, 1.54) is 0 Å². The topological polar surface area (TPSA) is 83.4 Å². The number of rotatable bonds is 3. The quantitative estimate of drug-likeness (QED) is 0.867. The summed E-state index contributed by atoms with van der Waals surface area (Å²) < 4.78 is 0. The Bertz CT molecular complexity index is 751. The Morgan fingerprint density at radius 3 is 2.40 bits per heavy atom. The lowest BCUT2D eigenvalue weighted by Gasteiger charge is -2.06. The maximum Gasteiger partial charge on any atom is 0.163 e. The highest BCUT2D eigenvalue weighted by atomic mass is 32.1. The second-order valence-electron chi connectivity index (χ2n) is 3.80. The van der Waals surface area contributed by atoms with Crippen LogP contribution in [0.15, 0.2) is 52.4 Å². The van der Waals surface area contributed by atoms with Crippen molar-refractivity contribution in [3.8, 4) is 29.3 Å². The fourth-order valence-corrected chi connectivity index (χ4v) is 2.30. The van der Waals surface area contributed by atoms with E-state index in [2.05, 4.69) is 5.32 Å². The van der Waals surface area contributed by atoms with Gasteiger partial charge in [0.25, 0.3) is 0 Å². The Morgan fingerprint density at radius 2 is 1.80 bits per heavy atom. The zero-order valence-corrected chi connectivity index (χ0v) is 11.1. The van der Waals surface area contributed by atoms with Crippen molar-refractivity contribution in [3.05, 3.63) is 52.4 Å². The number of thiophene rings is 1. The van der Waals surface area contributed by atoms with E-state index in [9.17, 15) is 0 Å². The summed E-state index contributed by atoms with van der Waals surface area (Å²) >= 11 is 1.60. The van der Waals surface area contributed by atoms with Crippen LogP contribution in [0.3, 0.4) is 0 Å². The van der Waals surface area contributed by atoms with E-state index in [0.29, 0.717) is 5.69 Å². The van der Waals surface area contributed by atoms with E-state index in [4.69, 9.17) is 15.8 Å². The monoisotopic (exact) mass is 276 g/mol. The van der Waals surface area contributed by atoms with E-state index in [1.807, 2.05) is 41.1 Å². The van der Waals surface area contributed by atoms with Gasteiger partial charge in [-0.25, -0.2) is 0 Å². The summed E-state index contributed by atoms with van der Waals surface area (Å²) in [5.41, 5.74) is 2.48. The van der Waals surface area contributed by atoms with Gasteiger partial charge >= 0.3 is 0 Å². The fourth-order valence-electron chi connectivity index (χ4n) is 1.63. The highest BCUT2D eigenvalue weighted by Gasteiger charge is 2.06. The van der Waals surface area contributed by atoms with Crippen LogP contribution in [0.1, 0.15) is 0 Å². The van der Waals surface area contributed by atoms with Crippen LogP contribution in [0.25, 0.3) is 11.1 Å². The lowest BCUT2D eigenvalue weighted by molar-refractivity contribution is 1.37. The number of hydrogen-bond donors (Lipinski definition) is 1. The Hall–Kier alpha value is -3.07. The van der Waals surface area contributed by atoms with Crippen molar-refractivity contribution in [2.45, 2.75) is 0 Å². The number of allylic oxidation sites excluding steroid dienone is 2. The molecule has 0 spiro atoms. The highest BCUT2D eigenvalue weighted by molar-refractivity contribution is 7.08. The molecule has 1 N–H and O–H groups in total. The van der Waals surface area contributed by atoms with Crippen LogP contribution in [0.4, 0.5) is 5.69 Å². The third kappa shape index (κ3) is 2.84. The van der Waals surface area contributed by atoms with Gasteiger partial charge in [-0.05, 0) is 40.1 Å². The molecule has 1 heterocycles. The average molecular weight is 276 g/mol. The molecule has 2 aromatic rings. The van der Waals surface area contributed by atoms with Crippen LogP contribution >= 0.6 is 11.3 Å². The van der Waals surface area contributed by atoms with Crippen molar-refractivity contribution < 1.29 is 0 Å². The van der Waals surface area contributed by atoms with Crippen LogP contribution in [-0.2, 0) is 0 Å². The third-order valence-electron chi connectivity index (χ3n) is 2.57. The number of benzene rings is 1. The van der Waals surface area contributed by atoms with E-state index >= 15 is 0 Å². The van der Waals surface area contributed by atoms with Gasteiger partial charge < -0.3 is 5.32 Å². The Labute approximate surface area is 120 Å². The minimum Gasteiger partial charge on any atom is -0.345 e. The van der Waals surface area contributed by atoms with Crippen LogP contribution in [0.5, 0.6) is 0 Å². The zero-order chi connectivity index (χ0) is 14.4.